The zero-order valence-corrected chi connectivity index (χ0v) is 15.9. The van der Waals surface area contributed by atoms with Crippen LogP contribution in [0.25, 0.3) is 0 Å². The number of nitrogens with one attached hydrogen (secondary N) is 2. The molecule has 0 saturated carbocycles. The van der Waals surface area contributed by atoms with E-state index in [-0.39, 0.29) is 10.5 Å². The summed E-state index contributed by atoms with van der Waals surface area (Å²) in [6.07, 6.45) is 1.23. The molecule has 0 aliphatic carbocycles. The maximum atomic E-state index is 12.4. The Morgan fingerprint density at radius 1 is 1.11 bits per heavy atom. The summed E-state index contributed by atoms with van der Waals surface area (Å²) >= 11 is 0. The lowest BCUT2D eigenvalue weighted by Gasteiger charge is -2.12. The van der Waals surface area contributed by atoms with Crippen LogP contribution < -0.4 is 10.6 Å². The number of carbonyl (C=O) groups is 1. The number of nitriles is 1. The van der Waals surface area contributed by atoms with Gasteiger partial charge in [-0.2, -0.15) is 13.7 Å². The first kappa shape index (κ1) is 20.2. The van der Waals surface area contributed by atoms with E-state index in [0.29, 0.717) is 11.4 Å². The highest BCUT2D eigenvalue weighted by Gasteiger charge is 2.13. The number of rotatable bonds is 5. The van der Waals surface area contributed by atoms with Crippen molar-refractivity contribution in [2.75, 3.05) is 10.6 Å². The summed E-state index contributed by atoms with van der Waals surface area (Å²) in [6, 6.07) is 10.9. The standard InChI is InChI=1S/C19H19N3O4S/c1-12-8-13(2)18(14(3)9-12)22-19(23)15(10-20)11-21-16-4-6-17(7-5-16)27(24,25)26/h4-9,11,21H,1-3H3,(H,22,23)(H,24,25,26)/b15-11-. The monoisotopic (exact) mass is 385 g/mol. The SMILES string of the molecule is Cc1cc(C)c(NC(=O)/C(C#N)=C\Nc2ccc(S(=O)(=O)O)cc2)c(C)c1. The Bertz CT molecular complexity index is 1030. The van der Waals surface area contributed by atoms with Crippen LogP contribution in [0.2, 0.25) is 0 Å². The van der Waals surface area contributed by atoms with Gasteiger partial charge >= 0.3 is 0 Å². The van der Waals surface area contributed by atoms with Crippen molar-refractivity contribution >= 4 is 27.4 Å². The van der Waals surface area contributed by atoms with Crippen LogP contribution in [-0.4, -0.2) is 18.9 Å². The molecule has 7 nitrogen and oxygen atoms in total. The van der Waals surface area contributed by atoms with Crippen LogP contribution in [0.3, 0.4) is 0 Å². The van der Waals surface area contributed by atoms with E-state index in [1.165, 1.54) is 30.5 Å². The van der Waals surface area contributed by atoms with Gasteiger partial charge in [0.25, 0.3) is 16.0 Å². The Hall–Kier alpha value is -3.15. The van der Waals surface area contributed by atoms with Gasteiger partial charge in [-0.1, -0.05) is 17.7 Å². The smallest absolute Gasteiger partial charge is 0.294 e. The molecule has 0 heterocycles. The summed E-state index contributed by atoms with van der Waals surface area (Å²) in [4.78, 5) is 12.1. The average molecular weight is 385 g/mol. The Labute approximate surface area is 158 Å². The molecule has 140 valence electrons. The van der Waals surface area contributed by atoms with Gasteiger partial charge in [0.15, 0.2) is 0 Å². The zero-order valence-electron chi connectivity index (χ0n) is 15.1. The molecule has 8 heteroatoms. The normalized spacial score (nSPS) is 11.6. The lowest BCUT2D eigenvalue weighted by Crippen LogP contribution is -2.16. The Kier molecular flexibility index (Phi) is 6.00. The van der Waals surface area contributed by atoms with E-state index in [9.17, 15) is 18.5 Å². The van der Waals surface area contributed by atoms with Gasteiger partial charge in [0.2, 0.25) is 0 Å². The summed E-state index contributed by atoms with van der Waals surface area (Å²) in [7, 11) is -4.27. The first-order valence-electron chi connectivity index (χ1n) is 7.95. The lowest BCUT2D eigenvalue weighted by molar-refractivity contribution is -0.112. The molecule has 0 spiro atoms. The van der Waals surface area contributed by atoms with E-state index in [1.807, 2.05) is 39.0 Å². The van der Waals surface area contributed by atoms with Gasteiger partial charge in [-0.3, -0.25) is 9.35 Å². The first-order valence-corrected chi connectivity index (χ1v) is 9.39. The van der Waals surface area contributed by atoms with E-state index >= 15 is 0 Å². The van der Waals surface area contributed by atoms with Crippen molar-refractivity contribution < 1.29 is 17.8 Å². The fourth-order valence-electron chi connectivity index (χ4n) is 2.59. The number of hydrogen-bond acceptors (Lipinski definition) is 5. The minimum atomic E-state index is -4.27. The third-order valence-electron chi connectivity index (χ3n) is 3.82. The van der Waals surface area contributed by atoms with Crippen molar-refractivity contribution in [3.8, 4) is 6.07 Å². The third kappa shape index (κ3) is 5.17. The zero-order chi connectivity index (χ0) is 20.2. The molecule has 0 aromatic heterocycles. The van der Waals surface area contributed by atoms with Gasteiger partial charge in [-0.15, -0.1) is 0 Å². The Balaban J connectivity index is 2.17. The van der Waals surface area contributed by atoms with Crippen molar-refractivity contribution in [3.63, 3.8) is 0 Å². The Morgan fingerprint density at radius 3 is 2.15 bits per heavy atom. The second-order valence-corrected chi connectivity index (χ2v) is 7.46. The summed E-state index contributed by atoms with van der Waals surface area (Å²) < 4.78 is 31.0. The van der Waals surface area contributed by atoms with Crippen LogP contribution in [0.5, 0.6) is 0 Å². The number of nitrogens with zero attached hydrogens (tertiary/aromatic N) is 1. The van der Waals surface area contributed by atoms with Gasteiger partial charge in [0, 0.05) is 17.6 Å². The molecule has 1 amide bonds. The quantitative estimate of drug-likeness (QED) is 0.413. The molecule has 2 rings (SSSR count). The number of carbonyl (C=O) groups excluding carboxylic acids is 1. The molecular weight excluding hydrogens is 366 g/mol. The molecule has 0 unspecified atom stereocenters. The molecule has 0 aliphatic heterocycles. The van der Waals surface area contributed by atoms with Crippen molar-refractivity contribution in [2.45, 2.75) is 25.7 Å². The lowest BCUT2D eigenvalue weighted by atomic mass is 10.0. The molecule has 3 N–H and O–H groups in total. The van der Waals surface area contributed by atoms with Gasteiger partial charge in [0.05, 0.1) is 4.90 Å². The van der Waals surface area contributed by atoms with Crippen molar-refractivity contribution in [2.24, 2.45) is 0 Å². The van der Waals surface area contributed by atoms with Crippen LogP contribution in [-0.2, 0) is 14.9 Å². The highest BCUT2D eigenvalue weighted by molar-refractivity contribution is 7.85. The third-order valence-corrected chi connectivity index (χ3v) is 4.68. The van der Waals surface area contributed by atoms with Crippen molar-refractivity contribution in [1.29, 1.82) is 5.26 Å². The maximum Gasteiger partial charge on any atom is 0.294 e. The van der Waals surface area contributed by atoms with Gasteiger partial charge in [0.1, 0.15) is 11.6 Å². The average Bonchev–Trinajstić information content (AvgIpc) is 2.58. The molecule has 0 aliphatic rings. The second-order valence-electron chi connectivity index (χ2n) is 6.04. The summed E-state index contributed by atoms with van der Waals surface area (Å²) in [5.74, 6) is -0.561. The van der Waals surface area contributed by atoms with Crippen LogP contribution in [0.15, 0.2) is 53.1 Å². The van der Waals surface area contributed by atoms with E-state index < -0.39 is 16.0 Å². The summed E-state index contributed by atoms with van der Waals surface area (Å²) in [5, 5.41) is 14.8. The summed E-state index contributed by atoms with van der Waals surface area (Å²) in [6.45, 7) is 5.71. The molecule has 0 bridgehead atoms. The van der Waals surface area contributed by atoms with Gasteiger partial charge < -0.3 is 10.6 Å². The molecule has 2 aromatic carbocycles. The number of anilines is 2. The number of hydrogen-bond donors (Lipinski definition) is 3. The topological polar surface area (TPSA) is 119 Å². The van der Waals surface area contributed by atoms with E-state index in [1.54, 1.807) is 0 Å². The molecule has 2 aromatic rings. The predicted molar refractivity (Wildman–Crippen MR) is 103 cm³/mol. The summed E-state index contributed by atoms with van der Waals surface area (Å²) in [5.41, 5.74) is 3.83. The molecular formula is C19H19N3O4S. The molecule has 0 fully saturated rings. The molecule has 0 radical (unpaired) electrons. The first-order chi connectivity index (χ1) is 12.6. The molecule has 27 heavy (non-hydrogen) atoms. The Morgan fingerprint density at radius 2 is 1.67 bits per heavy atom. The highest BCUT2D eigenvalue weighted by atomic mass is 32.2. The van der Waals surface area contributed by atoms with E-state index in [0.717, 1.165) is 16.7 Å². The number of benzene rings is 2. The van der Waals surface area contributed by atoms with Gasteiger partial charge in [-0.05, 0) is 56.2 Å². The van der Waals surface area contributed by atoms with Crippen molar-refractivity contribution in [1.82, 2.24) is 0 Å². The number of amides is 1. The molecule has 0 saturated heterocycles. The van der Waals surface area contributed by atoms with Gasteiger partial charge in [-0.25, -0.2) is 0 Å². The van der Waals surface area contributed by atoms with Crippen molar-refractivity contribution in [3.05, 3.63) is 64.9 Å². The van der Waals surface area contributed by atoms with Crippen LogP contribution in [0.4, 0.5) is 11.4 Å². The van der Waals surface area contributed by atoms with Crippen LogP contribution in [0, 0.1) is 32.1 Å². The molecule has 0 atom stereocenters. The predicted octanol–water partition coefficient (Wildman–Crippen LogP) is 3.32. The van der Waals surface area contributed by atoms with Crippen LogP contribution >= 0.6 is 0 Å². The maximum absolute atomic E-state index is 12.4. The minimum absolute atomic E-state index is 0.145. The highest BCUT2D eigenvalue weighted by Crippen LogP contribution is 2.22. The fraction of sp³-hybridized carbons (Fsp3) is 0.158. The van der Waals surface area contributed by atoms with E-state index in [4.69, 9.17) is 4.55 Å². The van der Waals surface area contributed by atoms with E-state index in [2.05, 4.69) is 10.6 Å². The minimum Gasteiger partial charge on any atom is -0.360 e. The van der Waals surface area contributed by atoms with Crippen LogP contribution in [0.1, 0.15) is 16.7 Å². The fourth-order valence-corrected chi connectivity index (χ4v) is 3.07. The number of aryl methyl sites for hydroxylation is 3. The second kappa shape index (κ2) is 8.03. The largest absolute Gasteiger partial charge is 0.360 e.